The van der Waals surface area contributed by atoms with E-state index in [2.05, 4.69) is 10.1 Å². The molecule has 7 nitrogen and oxygen atoms in total. The molecule has 7 heteroatoms. The number of benzene rings is 1. The zero-order valence-corrected chi connectivity index (χ0v) is 11.1. The molecule has 1 aromatic rings. The van der Waals surface area contributed by atoms with Crippen molar-refractivity contribution in [2.24, 2.45) is 11.5 Å². The molecule has 0 saturated carbocycles. The minimum atomic E-state index is -0.991. The van der Waals surface area contributed by atoms with Crippen LogP contribution in [0.5, 0.6) is 0 Å². The first-order valence-electron chi connectivity index (χ1n) is 6.17. The fraction of sp³-hybridized carbons (Fsp3) is 0.385. The van der Waals surface area contributed by atoms with Gasteiger partial charge in [-0.05, 0) is 12.0 Å². The first kappa shape index (κ1) is 15.9. The van der Waals surface area contributed by atoms with E-state index in [9.17, 15) is 9.59 Å². The van der Waals surface area contributed by atoms with Crippen molar-refractivity contribution in [2.45, 2.75) is 12.5 Å². The van der Waals surface area contributed by atoms with Crippen LogP contribution in [0.4, 0.5) is 4.79 Å². The van der Waals surface area contributed by atoms with Crippen LogP contribution in [0.2, 0.25) is 0 Å². The predicted octanol–water partition coefficient (Wildman–Crippen LogP) is 0.262. The molecule has 110 valence electrons. The number of hydrogen-bond donors (Lipinski definition) is 3. The monoisotopic (exact) mass is 281 g/mol. The van der Waals surface area contributed by atoms with Crippen LogP contribution in [-0.2, 0) is 14.3 Å². The quantitative estimate of drug-likeness (QED) is 0.467. The van der Waals surface area contributed by atoms with Crippen LogP contribution in [0, 0.1) is 0 Å². The summed E-state index contributed by atoms with van der Waals surface area (Å²) in [6, 6.07) is 9.58. The van der Waals surface area contributed by atoms with Crippen LogP contribution in [0.3, 0.4) is 0 Å². The molecule has 0 aliphatic carbocycles. The Kier molecular flexibility index (Phi) is 7.08. The molecule has 1 unspecified atom stereocenters. The third kappa shape index (κ3) is 6.72. The van der Waals surface area contributed by atoms with E-state index in [0.717, 1.165) is 5.56 Å². The molecule has 0 saturated heterocycles. The first-order valence-corrected chi connectivity index (χ1v) is 6.17. The Labute approximate surface area is 117 Å². The lowest BCUT2D eigenvalue weighted by Crippen LogP contribution is -2.32. The second-order valence-corrected chi connectivity index (χ2v) is 4.07. The molecule has 20 heavy (non-hydrogen) atoms. The van der Waals surface area contributed by atoms with E-state index in [1.54, 1.807) is 0 Å². The van der Waals surface area contributed by atoms with E-state index in [-0.39, 0.29) is 12.8 Å². The Hall–Kier alpha value is -2.12. The highest BCUT2D eigenvalue weighted by Gasteiger charge is 2.06. The van der Waals surface area contributed by atoms with Gasteiger partial charge in [-0.15, -0.1) is 0 Å². The van der Waals surface area contributed by atoms with Gasteiger partial charge in [0, 0.05) is 6.04 Å². The lowest BCUT2D eigenvalue weighted by Gasteiger charge is -2.12. The van der Waals surface area contributed by atoms with Crippen LogP contribution in [0.25, 0.3) is 0 Å². The lowest BCUT2D eigenvalue weighted by atomic mass is 10.1. The number of amides is 2. The van der Waals surface area contributed by atoms with Crippen LogP contribution in [0.1, 0.15) is 18.0 Å². The summed E-state index contributed by atoms with van der Waals surface area (Å²) < 4.78 is 9.53. The molecule has 0 heterocycles. The van der Waals surface area contributed by atoms with Gasteiger partial charge in [-0.25, -0.2) is 4.79 Å². The molecule has 1 aromatic carbocycles. The van der Waals surface area contributed by atoms with Crippen LogP contribution in [0.15, 0.2) is 30.3 Å². The molecule has 0 fully saturated rings. The van der Waals surface area contributed by atoms with E-state index in [0.29, 0.717) is 13.0 Å². The zero-order chi connectivity index (χ0) is 14.8. The van der Waals surface area contributed by atoms with Gasteiger partial charge in [0.2, 0.25) is 0 Å². The molecule has 1 atom stereocenters. The third-order valence-corrected chi connectivity index (χ3v) is 2.52. The molecule has 5 N–H and O–H groups in total. The number of carbonyl (C=O) groups is 2. The summed E-state index contributed by atoms with van der Waals surface area (Å²) in [5.41, 5.74) is 11.7. The van der Waals surface area contributed by atoms with Crippen molar-refractivity contribution in [1.29, 1.82) is 0 Å². The van der Waals surface area contributed by atoms with Gasteiger partial charge in [-0.3, -0.25) is 4.79 Å². The van der Waals surface area contributed by atoms with E-state index in [1.165, 1.54) is 0 Å². The summed E-state index contributed by atoms with van der Waals surface area (Å²) in [7, 11) is 0. The fourth-order valence-electron chi connectivity index (χ4n) is 1.47. The van der Waals surface area contributed by atoms with Crippen molar-refractivity contribution in [3.8, 4) is 0 Å². The molecule has 0 spiro atoms. The Morgan fingerprint density at radius 2 is 1.95 bits per heavy atom. The maximum Gasteiger partial charge on any atom is 0.405 e. The molecule has 0 aliphatic heterocycles. The number of primary amides is 1. The standard InChI is InChI=1S/C13H19N3O4/c14-11(10-4-2-1-3-5-10)6-7-19-9-16-12(17)8-20-13(15)18/h1-5,11H,6-9,14H2,(H2,15,18)(H,16,17). The average Bonchev–Trinajstić information content (AvgIpc) is 2.45. The Bertz CT molecular complexity index is 425. The average molecular weight is 281 g/mol. The van der Waals surface area contributed by atoms with Crippen LogP contribution < -0.4 is 16.8 Å². The van der Waals surface area contributed by atoms with Crippen molar-refractivity contribution in [1.82, 2.24) is 5.32 Å². The fourth-order valence-corrected chi connectivity index (χ4v) is 1.47. The Balaban J connectivity index is 2.07. The highest BCUT2D eigenvalue weighted by atomic mass is 16.5. The summed E-state index contributed by atoms with van der Waals surface area (Å²) in [5.74, 6) is -0.476. The minimum Gasteiger partial charge on any atom is -0.440 e. The summed E-state index contributed by atoms with van der Waals surface area (Å²) in [6.45, 7) is 0.0255. The smallest absolute Gasteiger partial charge is 0.405 e. The van der Waals surface area contributed by atoms with E-state index in [1.807, 2.05) is 30.3 Å². The highest BCUT2D eigenvalue weighted by Crippen LogP contribution is 2.12. The van der Waals surface area contributed by atoms with Gasteiger partial charge in [0.25, 0.3) is 5.91 Å². The van der Waals surface area contributed by atoms with Crippen molar-refractivity contribution >= 4 is 12.0 Å². The number of ether oxygens (including phenoxy) is 2. The van der Waals surface area contributed by atoms with Crippen LogP contribution in [-0.4, -0.2) is 31.9 Å². The molecule has 0 aromatic heterocycles. The molecule has 0 radical (unpaired) electrons. The highest BCUT2D eigenvalue weighted by molar-refractivity contribution is 5.79. The summed E-state index contributed by atoms with van der Waals surface area (Å²) >= 11 is 0. The summed E-state index contributed by atoms with van der Waals surface area (Å²) in [4.78, 5) is 21.4. The predicted molar refractivity (Wildman–Crippen MR) is 72.5 cm³/mol. The lowest BCUT2D eigenvalue weighted by molar-refractivity contribution is -0.125. The van der Waals surface area contributed by atoms with E-state index in [4.69, 9.17) is 16.2 Å². The number of hydrogen-bond acceptors (Lipinski definition) is 5. The van der Waals surface area contributed by atoms with Crippen LogP contribution >= 0.6 is 0 Å². The zero-order valence-electron chi connectivity index (χ0n) is 11.1. The Morgan fingerprint density at radius 1 is 1.25 bits per heavy atom. The second-order valence-electron chi connectivity index (χ2n) is 4.07. The van der Waals surface area contributed by atoms with Gasteiger partial charge in [0.1, 0.15) is 6.73 Å². The third-order valence-electron chi connectivity index (χ3n) is 2.52. The van der Waals surface area contributed by atoms with Crippen molar-refractivity contribution < 1.29 is 19.1 Å². The van der Waals surface area contributed by atoms with E-state index < -0.39 is 18.6 Å². The van der Waals surface area contributed by atoms with Crippen molar-refractivity contribution in [3.63, 3.8) is 0 Å². The summed E-state index contributed by atoms with van der Waals surface area (Å²) in [6.07, 6.45) is -0.354. The van der Waals surface area contributed by atoms with Gasteiger partial charge < -0.3 is 26.3 Å². The molecule has 1 rings (SSSR count). The number of nitrogens with one attached hydrogen (secondary N) is 1. The topological polar surface area (TPSA) is 117 Å². The number of nitrogens with two attached hydrogens (primary N) is 2. The number of carbonyl (C=O) groups excluding carboxylic acids is 2. The van der Waals surface area contributed by atoms with Gasteiger partial charge in [0.15, 0.2) is 6.61 Å². The maximum atomic E-state index is 11.1. The first-order chi connectivity index (χ1) is 9.59. The van der Waals surface area contributed by atoms with Gasteiger partial charge >= 0.3 is 6.09 Å². The van der Waals surface area contributed by atoms with Crippen molar-refractivity contribution in [2.75, 3.05) is 19.9 Å². The molecular weight excluding hydrogens is 262 g/mol. The SMILES string of the molecule is NC(=O)OCC(=O)NCOCCC(N)c1ccccc1. The Morgan fingerprint density at radius 3 is 2.60 bits per heavy atom. The number of rotatable bonds is 8. The molecule has 0 aliphatic rings. The van der Waals surface area contributed by atoms with Gasteiger partial charge in [0.05, 0.1) is 6.61 Å². The molecule has 0 bridgehead atoms. The largest absolute Gasteiger partial charge is 0.440 e. The maximum absolute atomic E-state index is 11.1. The van der Waals surface area contributed by atoms with Gasteiger partial charge in [-0.2, -0.15) is 0 Å². The minimum absolute atomic E-state index is 0.0302. The summed E-state index contributed by atoms with van der Waals surface area (Å²) in [5, 5.41) is 2.42. The second kappa shape index (κ2) is 8.89. The molecular formula is C13H19N3O4. The van der Waals surface area contributed by atoms with Gasteiger partial charge in [-0.1, -0.05) is 30.3 Å². The van der Waals surface area contributed by atoms with Crippen molar-refractivity contribution in [3.05, 3.63) is 35.9 Å². The molecule has 2 amide bonds. The van der Waals surface area contributed by atoms with E-state index >= 15 is 0 Å². The normalized spacial score (nSPS) is 11.7.